The Morgan fingerprint density at radius 3 is 2.24 bits per heavy atom. The molecule has 7 nitrogen and oxygen atoms in total. The Hall–Kier alpha value is -4.04. The molecule has 33 heavy (non-hydrogen) atoms. The molecule has 0 aliphatic rings. The van der Waals surface area contributed by atoms with Crippen molar-refractivity contribution in [3.05, 3.63) is 106 Å². The summed E-state index contributed by atoms with van der Waals surface area (Å²) in [7, 11) is 0. The fraction of sp³-hybridized carbons (Fsp3) is 0.120. The van der Waals surface area contributed by atoms with Crippen LogP contribution in [0.1, 0.15) is 43.7 Å². The van der Waals surface area contributed by atoms with Crippen molar-refractivity contribution in [3.63, 3.8) is 0 Å². The monoisotopic (exact) mass is 458 g/mol. The standard InChI is InChI=1S/C25H22N4O3S/c1-17(18-8-4-2-5-9-18)26-23(30)19-12-14-20(15-13-19)27-24(31)25-29-28-22(33-25)16-32-21-10-6-3-7-11-21/h2-15,17H,16H2,1H3,(H,26,30)(H,27,31). The number of rotatable bonds is 8. The smallest absolute Gasteiger partial charge is 0.286 e. The SMILES string of the molecule is CC(NC(=O)c1ccc(NC(=O)c2nnc(COc3ccccc3)s2)cc1)c1ccccc1. The second-order valence-corrected chi connectivity index (χ2v) is 8.30. The van der Waals surface area contributed by atoms with Gasteiger partial charge < -0.3 is 15.4 Å². The van der Waals surface area contributed by atoms with Gasteiger partial charge >= 0.3 is 0 Å². The van der Waals surface area contributed by atoms with Crippen LogP contribution in [-0.2, 0) is 6.61 Å². The second kappa shape index (κ2) is 10.5. The summed E-state index contributed by atoms with van der Waals surface area (Å²) in [6.45, 7) is 2.17. The lowest BCUT2D eigenvalue weighted by Gasteiger charge is -2.14. The van der Waals surface area contributed by atoms with Crippen LogP contribution in [0.4, 0.5) is 5.69 Å². The van der Waals surface area contributed by atoms with E-state index >= 15 is 0 Å². The summed E-state index contributed by atoms with van der Waals surface area (Å²) in [5.41, 5.74) is 2.09. The molecule has 0 spiro atoms. The lowest BCUT2D eigenvalue weighted by atomic mass is 10.1. The minimum atomic E-state index is -0.367. The van der Waals surface area contributed by atoms with Gasteiger partial charge in [0.2, 0.25) is 5.01 Å². The van der Waals surface area contributed by atoms with E-state index in [1.165, 1.54) is 11.3 Å². The summed E-state index contributed by atoms with van der Waals surface area (Å²) in [5.74, 6) is 0.172. The van der Waals surface area contributed by atoms with Crippen molar-refractivity contribution < 1.29 is 14.3 Å². The van der Waals surface area contributed by atoms with Crippen LogP contribution in [0, 0.1) is 0 Å². The van der Waals surface area contributed by atoms with Crippen molar-refractivity contribution in [1.29, 1.82) is 0 Å². The first-order valence-electron chi connectivity index (χ1n) is 10.4. The van der Waals surface area contributed by atoms with Gasteiger partial charge in [0.1, 0.15) is 12.4 Å². The first-order valence-corrected chi connectivity index (χ1v) is 11.2. The lowest BCUT2D eigenvalue weighted by Crippen LogP contribution is -2.26. The van der Waals surface area contributed by atoms with Crippen LogP contribution in [0.2, 0.25) is 0 Å². The maximum Gasteiger partial charge on any atom is 0.286 e. The van der Waals surface area contributed by atoms with Gasteiger partial charge in [-0.1, -0.05) is 59.9 Å². The maximum absolute atomic E-state index is 12.5. The largest absolute Gasteiger partial charge is 0.486 e. The molecule has 0 bridgehead atoms. The van der Waals surface area contributed by atoms with Crippen LogP contribution in [0.5, 0.6) is 5.75 Å². The molecule has 2 amide bonds. The van der Waals surface area contributed by atoms with Gasteiger partial charge in [0.15, 0.2) is 5.01 Å². The summed E-state index contributed by atoms with van der Waals surface area (Å²) < 4.78 is 5.63. The normalized spacial score (nSPS) is 11.4. The van der Waals surface area contributed by atoms with Crippen molar-refractivity contribution >= 4 is 28.8 Å². The minimum absolute atomic E-state index is 0.115. The molecule has 0 aliphatic carbocycles. The number of nitrogens with zero attached hydrogens (tertiary/aromatic N) is 2. The van der Waals surface area contributed by atoms with Crippen molar-refractivity contribution in [2.24, 2.45) is 0 Å². The highest BCUT2D eigenvalue weighted by atomic mass is 32.1. The molecule has 0 fully saturated rings. The molecular formula is C25H22N4O3S. The third-order valence-electron chi connectivity index (χ3n) is 4.82. The van der Waals surface area contributed by atoms with Crippen molar-refractivity contribution in [2.75, 3.05) is 5.32 Å². The van der Waals surface area contributed by atoms with E-state index in [1.807, 2.05) is 67.6 Å². The van der Waals surface area contributed by atoms with Crippen molar-refractivity contribution in [1.82, 2.24) is 15.5 Å². The number of para-hydroxylation sites is 1. The topological polar surface area (TPSA) is 93.2 Å². The molecule has 1 aromatic heterocycles. The quantitative estimate of drug-likeness (QED) is 0.393. The van der Waals surface area contributed by atoms with E-state index in [2.05, 4.69) is 20.8 Å². The molecule has 2 N–H and O–H groups in total. The summed E-state index contributed by atoms with van der Waals surface area (Å²) in [5, 5.41) is 14.5. The number of benzene rings is 3. The number of nitrogens with one attached hydrogen (secondary N) is 2. The van der Waals surface area contributed by atoms with Gasteiger partial charge in [0.05, 0.1) is 6.04 Å². The minimum Gasteiger partial charge on any atom is -0.486 e. The number of hydrogen-bond donors (Lipinski definition) is 2. The van der Waals surface area contributed by atoms with Gasteiger partial charge in [-0.2, -0.15) is 0 Å². The number of amides is 2. The van der Waals surface area contributed by atoms with E-state index in [9.17, 15) is 9.59 Å². The van der Waals surface area contributed by atoms with Crippen LogP contribution in [0.15, 0.2) is 84.9 Å². The van der Waals surface area contributed by atoms with Crippen LogP contribution in [0.3, 0.4) is 0 Å². The van der Waals surface area contributed by atoms with Crippen LogP contribution in [0.25, 0.3) is 0 Å². The number of anilines is 1. The fourth-order valence-corrected chi connectivity index (χ4v) is 3.71. The van der Waals surface area contributed by atoms with Crippen LogP contribution in [-0.4, -0.2) is 22.0 Å². The first-order chi connectivity index (χ1) is 16.1. The molecular weight excluding hydrogens is 436 g/mol. The molecule has 1 heterocycles. The Labute approximate surface area is 195 Å². The zero-order valence-corrected chi connectivity index (χ0v) is 18.7. The summed E-state index contributed by atoms with van der Waals surface area (Å²) >= 11 is 1.17. The maximum atomic E-state index is 12.5. The van der Waals surface area contributed by atoms with Gasteiger partial charge in [0.25, 0.3) is 11.8 Å². The Balaban J connectivity index is 1.31. The second-order valence-electron chi connectivity index (χ2n) is 7.24. The highest BCUT2D eigenvalue weighted by molar-refractivity contribution is 7.13. The van der Waals surface area contributed by atoms with Gasteiger partial charge in [-0.3, -0.25) is 9.59 Å². The molecule has 4 rings (SSSR count). The van der Waals surface area contributed by atoms with E-state index in [4.69, 9.17) is 4.74 Å². The number of ether oxygens (including phenoxy) is 1. The van der Waals surface area contributed by atoms with Gasteiger partial charge in [0, 0.05) is 11.3 Å². The zero-order chi connectivity index (χ0) is 23.0. The molecule has 0 radical (unpaired) electrons. The molecule has 8 heteroatoms. The molecule has 4 aromatic rings. The van der Waals surface area contributed by atoms with Crippen molar-refractivity contribution in [3.8, 4) is 5.75 Å². The Kier molecular flexibility index (Phi) is 7.06. The molecule has 1 unspecified atom stereocenters. The van der Waals surface area contributed by atoms with E-state index < -0.39 is 0 Å². The predicted molar refractivity (Wildman–Crippen MR) is 127 cm³/mol. The molecule has 1 atom stereocenters. The van der Waals surface area contributed by atoms with Crippen molar-refractivity contribution in [2.45, 2.75) is 19.6 Å². The van der Waals surface area contributed by atoms with E-state index in [-0.39, 0.29) is 29.5 Å². The molecule has 3 aromatic carbocycles. The predicted octanol–water partition coefficient (Wildman–Crippen LogP) is 4.86. The zero-order valence-electron chi connectivity index (χ0n) is 17.9. The first kappa shape index (κ1) is 22.2. The molecule has 0 aliphatic heterocycles. The Morgan fingerprint density at radius 1 is 0.879 bits per heavy atom. The number of hydrogen-bond acceptors (Lipinski definition) is 6. The highest BCUT2D eigenvalue weighted by Gasteiger charge is 2.15. The Bertz CT molecular complexity index is 1210. The van der Waals surface area contributed by atoms with E-state index in [0.29, 0.717) is 16.3 Å². The summed E-state index contributed by atoms with van der Waals surface area (Å²) in [4.78, 5) is 25.0. The average Bonchev–Trinajstić information content (AvgIpc) is 3.34. The van der Waals surface area contributed by atoms with E-state index in [1.54, 1.807) is 24.3 Å². The average molecular weight is 459 g/mol. The van der Waals surface area contributed by atoms with Gasteiger partial charge in [-0.15, -0.1) is 10.2 Å². The van der Waals surface area contributed by atoms with Gasteiger partial charge in [-0.25, -0.2) is 0 Å². The Morgan fingerprint density at radius 2 is 1.55 bits per heavy atom. The lowest BCUT2D eigenvalue weighted by molar-refractivity contribution is 0.0939. The highest BCUT2D eigenvalue weighted by Crippen LogP contribution is 2.18. The third-order valence-corrected chi connectivity index (χ3v) is 5.71. The number of carbonyl (C=O) groups excluding carboxylic acids is 2. The molecule has 0 saturated carbocycles. The summed E-state index contributed by atoms with van der Waals surface area (Å²) in [6.07, 6.45) is 0. The number of carbonyl (C=O) groups is 2. The van der Waals surface area contributed by atoms with E-state index in [0.717, 1.165) is 11.3 Å². The molecule has 0 saturated heterocycles. The van der Waals surface area contributed by atoms with Crippen LogP contribution >= 0.6 is 11.3 Å². The third kappa shape index (κ3) is 6.02. The summed E-state index contributed by atoms with van der Waals surface area (Å²) in [6, 6.07) is 25.7. The molecule has 166 valence electrons. The fourth-order valence-electron chi connectivity index (χ4n) is 3.06. The van der Waals surface area contributed by atoms with Crippen LogP contribution < -0.4 is 15.4 Å². The number of aromatic nitrogens is 2. The van der Waals surface area contributed by atoms with Gasteiger partial charge in [-0.05, 0) is 48.9 Å².